The summed E-state index contributed by atoms with van der Waals surface area (Å²) in [5.74, 6) is -0.363. The highest BCUT2D eigenvalue weighted by Crippen LogP contribution is 2.20. The molecule has 0 aliphatic rings. The number of rotatable bonds is 41. The fourth-order valence-electron chi connectivity index (χ4n) is 6.98. The van der Waals surface area contributed by atoms with Crippen LogP contribution in [-0.2, 0) is 19.1 Å². The molecule has 312 valence electrons. The van der Waals surface area contributed by atoms with E-state index < -0.39 is 0 Å². The molecule has 0 heterocycles. The molecule has 0 rings (SSSR count). The molecule has 53 heavy (non-hydrogen) atoms. The van der Waals surface area contributed by atoms with Gasteiger partial charge >= 0.3 is 11.9 Å². The molecule has 0 aliphatic heterocycles. The second-order valence-electron chi connectivity index (χ2n) is 15.6. The van der Waals surface area contributed by atoms with E-state index in [0.717, 1.165) is 90.3 Å². The van der Waals surface area contributed by atoms with Crippen molar-refractivity contribution in [1.82, 2.24) is 4.90 Å². The number of ether oxygens (including phenoxy) is 2. The zero-order valence-corrected chi connectivity index (χ0v) is 35.8. The Morgan fingerprint density at radius 2 is 0.717 bits per heavy atom. The Morgan fingerprint density at radius 3 is 1.08 bits per heavy atom. The summed E-state index contributed by atoms with van der Waals surface area (Å²) in [7, 11) is 0. The van der Waals surface area contributed by atoms with Crippen molar-refractivity contribution >= 4 is 11.9 Å². The standard InChI is InChI=1S/C47H89NO5/c1-5-9-13-15-17-19-21-25-34-44(32-23-11-7-3)42-46(50)52-40-29-27-36-48(38-31-39-49)37-28-30-41-53-47(51)43-45(33-24-12-8-4)35-26-22-20-18-16-14-10-6-2/h42-43,49H,5-41H2,1-4H3/b44-42-,45-43-. The number of hydrogen-bond donors (Lipinski definition) is 1. The average Bonchev–Trinajstić information content (AvgIpc) is 3.15. The lowest BCUT2D eigenvalue weighted by Crippen LogP contribution is -2.28. The van der Waals surface area contributed by atoms with Crippen molar-refractivity contribution in [2.45, 2.75) is 227 Å². The van der Waals surface area contributed by atoms with Gasteiger partial charge in [0, 0.05) is 25.3 Å². The molecule has 0 unspecified atom stereocenters. The van der Waals surface area contributed by atoms with Gasteiger partial charge in [-0.25, -0.2) is 9.59 Å². The minimum atomic E-state index is -0.182. The number of aliphatic hydroxyl groups excluding tert-OH is 1. The number of aliphatic hydroxyl groups is 1. The Kier molecular flexibility index (Phi) is 40.2. The largest absolute Gasteiger partial charge is 0.463 e. The minimum Gasteiger partial charge on any atom is -0.463 e. The maximum atomic E-state index is 12.7. The smallest absolute Gasteiger partial charge is 0.330 e. The zero-order valence-electron chi connectivity index (χ0n) is 35.8. The van der Waals surface area contributed by atoms with Crippen LogP contribution in [0.25, 0.3) is 0 Å². The van der Waals surface area contributed by atoms with Crippen LogP contribution in [0.15, 0.2) is 23.3 Å². The minimum absolute atomic E-state index is 0.182. The molecule has 1 N–H and O–H groups in total. The van der Waals surface area contributed by atoms with Crippen LogP contribution in [0.5, 0.6) is 0 Å². The Bertz CT molecular complexity index is 803. The summed E-state index contributed by atoms with van der Waals surface area (Å²) in [5.41, 5.74) is 2.52. The predicted molar refractivity (Wildman–Crippen MR) is 227 cm³/mol. The van der Waals surface area contributed by atoms with E-state index in [1.807, 2.05) is 0 Å². The summed E-state index contributed by atoms with van der Waals surface area (Å²) >= 11 is 0. The number of nitrogens with zero attached hydrogens (tertiary/aromatic N) is 1. The van der Waals surface area contributed by atoms with E-state index in [1.165, 1.54) is 140 Å². The molecule has 0 aromatic rings. The van der Waals surface area contributed by atoms with E-state index in [1.54, 1.807) is 12.2 Å². The highest BCUT2D eigenvalue weighted by molar-refractivity contribution is 5.83. The fraction of sp³-hybridized carbons (Fsp3) is 0.872. The van der Waals surface area contributed by atoms with E-state index in [9.17, 15) is 14.7 Å². The van der Waals surface area contributed by atoms with Gasteiger partial charge in [0.15, 0.2) is 0 Å². The van der Waals surface area contributed by atoms with Gasteiger partial charge in [-0.2, -0.15) is 0 Å². The molecule has 0 saturated carbocycles. The van der Waals surface area contributed by atoms with E-state index >= 15 is 0 Å². The molecule has 0 aromatic carbocycles. The van der Waals surface area contributed by atoms with E-state index in [4.69, 9.17) is 9.47 Å². The summed E-state index contributed by atoms with van der Waals surface area (Å²) in [6, 6.07) is 0. The maximum absolute atomic E-state index is 12.7. The van der Waals surface area contributed by atoms with Crippen LogP contribution < -0.4 is 0 Å². The van der Waals surface area contributed by atoms with Crippen molar-refractivity contribution < 1.29 is 24.2 Å². The van der Waals surface area contributed by atoms with Gasteiger partial charge in [-0.1, -0.05) is 154 Å². The van der Waals surface area contributed by atoms with Crippen molar-refractivity contribution in [1.29, 1.82) is 0 Å². The second kappa shape index (κ2) is 41.5. The molecule has 6 nitrogen and oxygen atoms in total. The second-order valence-corrected chi connectivity index (χ2v) is 15.6. The third-order valence-electron chi connectivity index (χ3n) is 10.4. The SMILES string of the molecule is CCCCCCCCCC/C(=C\C(=O)OCCCCN(CCCO)CCCCOC(=O)/C=C(/CCCCC)CCCCCCCCCC)CCCCC. The van der Waals surface area contributed by atoms with E-state index in [2.05, 4.69) is 32.6 Å². The van der Waals surface area contributed by atoms with Crippen molar-refractivity contribution in [2.75, 3.05) is 39.5 Å². The molecule has 6 heteroatoms. The normalized spacial score (nSPS) is 12.2. The summed E-state index contributed by atoms with van der Waals surface area (Å²) < 4.78 is 11.3. The number of hydrogen-bond acceptors (Lipinski definition) is 6. The molecule has 0 atom stereocenters. The Morgan fingerprint density at radius 1 is 0.415 bits per heavy atom. The summed E-state index contributed by atoms with van der Waals surface area (Å²) in [5, 5.41) is 9.42. The van der Waals surface area contributed by atoms with Gasteiger partial charge in [-0.15, -0.1) is 0 Å². The van der Waals surface area contributed by atoms with Crippen LogP contribution in [0.2, 0.25) is 0 Å². The van der Waals surface area contributed by atoms with Gasteiger partial charge in [0.05, 0.1) is 13.2 Å². The van der Waals surface area contributed by atoms with Gasteiger partial charge in [-0.05, 0) is 96.6 Å². The van der Waals surface area contributed by atoms with Gasteiger partial charge in [-0.3, -0.25) is 0 Å². The van der Waals surface area contributed by atoms with Gasteiger partial charge < -0.3 is 19.5 Å². The van der Waals surface area contributed by atoms with Crippen LogP contribution in [0, 0.1) is 0 Å². The Labute approximate surface area is 329 Å². The van der Waals surface area contributed by atoms with Crippen LogP contribution >= 0.6 is 0 Å². The first-order chi connectivity index (χ1) is 26.0. The van der Waals surface area contributed by atoms with E-state index in [0.29, 0.717) is 13.2 Å². The third-order valence-corrected chi connectivity index (χ3v) is 10.4. The van der Waals surface area contributed by atoms with Crippen molar-refractivity contribution in [3.05, 3.63) is 23.3 Å². The number of allylic oxidation sites excluding steroid dienone is 2. The Balaban J connectivity index is 4.49. The van der Waals surface area contributed by atoms with Crippen LogP contribution in [-0.4, -0.2) is 61.4 Å². The monoisotopic (exact) mass is 748 g/mol. The van der Waals surface area contributed by atoms with Gasteiger partial charge in [0.1, 0.15) is 0 Å². The number of unbranched alkanes of at least 4 members (excludes halogenated alkanes) is 20. The highest BCUT2D eigenvalue weighted by Gasteiger charge is 2.09. The first-order valence-corrected chi connectivity index (χ1v) is 23.1. The van der Waals surface area contributed by atoms with Crippen molar-refractivity contribution in [2.24, 2.45) is 0 Å². The molecule has 0 aromatic heterocycles. The third kappa shape index (κ3) is 37.1. The molecule has 0 amide bonds. The molecule has 0 bridgehead atoms. The molecule has 0 saturated heterocycles. The first kappa shape index (κ1) is 51.3. The van der Waals surface area contributed by atoms with Crippen LogP contribution in [0.4, 0.5) is 0 Å². The van der Waals surface area contributed by atoms with Crippen molar-refractivity contribution in [3.8, 4) is 0 Å². The molecule has 0 fully saturated rings. The van der Waals surface area contributed by atoms with Gasteiger partial charge in [0.25, 0.3) is 0 Å². The average molecular weight is 748 g/mol. The fourth-order valence-corrected chi connectivity index (χ4v) is 6.98. The lowest BCUT2D eigenvalue weighted by molar-refractivity contribution is -0.138. The quantitative estimate of drug-likeness (QED) is 0.0381. The summed E-state index contributed by atoms with van der Waals surface area (Å²) in [6.07, 6.45) is 39.9. The summed E-state index contributed by atoms with van der Waals surface area (Å²) in [6.45, 7) is 12.7. The lowest BCUT2D eigenvalue weighted by Gasteiger charge is -2.21. The van der Waals surface area contributed by atoms with Crippen molar-refractivity contribution in [3.63, 3.8) is 0 Å². The summed E-state index contributed by atoms with van der Waals surface area (Å²) in [4.78, 5) is 27.7. The topological polar surface area (TPSA) is 76.1 Å². The number of carbonyl (C=O) groups is 2. The van der Waals surface area contributed by atoms with E-state index in [-0.39, 0.29) is 18.5 Å². The predicted octanol–water partition coefficient (Wildman–Crippen LogP) is 13.4. The highest BCUT2D eigenvalue weighted by atomic mass is 16.5. The van der Waals surface area contributed by atoms with Gasteiger partial charge in [0.2, 0.25) is 0 Å². The van der Waals surface area contributed by atoms with Crippen LogP contribution in [0.1, 0.15) is 227 Å². The molecule has 0 aliphatic carbocycles. The molecule has 0 spiro atoms. The van der Waals surface area contributed by atoms with Crippen LogP contribution in [0.3, 0.4) is 0 Å². The lowest BCUT2D eigenvalue weighted by atomic mass is 10.00. The molecule has 0 radical (unpaired) electrons. The first-order valence-electron chi connectivity index (χ1n) is 23.1. The molecular weight excluding hydrogens is 659 g/mol. The maximum Gasteiger partial charge on any atom is 0.330 e. The zero-order chi connectivity index (χ0) is 38.9. The molecular formula is C47H89NO5. The number of carbonyl (C=O) groups excluding carboxylic acids is 2. The Hall–Kier alpha value is -1.66. The number of esters is 2.